The number of carboxylic acid groups (broad SMARTS) is 1. The number of nitrogens with zero attached hydrogens (tertiary/aromatic N) is 1. The average molecular weight is 303 g/mol. The fraction of sp³-hybridized carbons (Fsp3) is 0.462. The maximum absolute atomic E-state index is 11.3. The van der Waals surface area contributed by atoms with Gasteiger partial charge < -0.3 is 10.4 Å². The molecule has 0 amide bonds. The standard InChI is InChI=1S/C13H16Cl2N2O2/c1-8(9-3-2-4-10(14)12(9)15)17-6-5-16-7-11(17)13(18)19/h2-4,8,11,16H,5-7H2,1H3,(H,18,19). The Balaban J connectivity index is 2.28. The molecule has 0 aliphatic carbocycles. The molecule has 1 aromatic carbocycles. The monoisotopic (exact) mass is 302 g/mol. The van der Waals surface area contributed by atoms with Crippen molar-refractivity contribution in [3.63, 3.8) is 0 Å². The lowest BCUT2D eigenvalue weighted by molar-refractivity contribution is -0.145. The minimum Gasteiger partial charge on any atom is -0.480 e. The highest BCUT2D eigenvalue weighted by Crippen LogP contribution is 2.33. The summed E-state index contributed by atoms with van der Waals surface area (Å²) in [7, 11) is 0. The second-order valence-corrected chi connectivity index (χ2v) is 5.40. The molecule has 0 bridgehead atoms. The Morgan fingerprint density at radius 2 is 2.26 bits per heavy atom. The first-order valence-corrected chi connectivity index (χ1v) is 6.91. The van der Waals surface area contributed by atoms with E-state index in [-0.39, 0.29) is 6.04 Å². The average Bonchev–Trinajstić information content (AvgIpc) is 2.41. The number of hydrogen-bond acceptors (Lipinski definition) is 3. The summed E-state index contributed by atoms with van der Waals surface area (Å²) in [6, 6.07) is 4.82. The smallest absolute Gasteiger partial charge is 0.322 e. The van der Waals surface area contributed by atoms with Crippen molar-refractivity contribution in [2.24, 2.45) is 0 Å². The summed E-state index contributed by atoms with van der Waals surface area (Å²) >= 11 is 12.2. The van der Waals surface area contributed by atoms with Crippen LogP contribution in [0, 0.1) is 0 Å². The third kappa shape index (κ3) is 3.03. The molecule has 2 atom stereocenters. The largest absolute Gasteiger partial charge is 0.480 e. The zero-order valence-corrected chi connectivity index (χ0v) is 12.1. The van der Waals surface area contributed by atoms with Crippen molar-refractivity contribution in [3.8, 4) is 0 Å². The van der Waals surface area contributed by atoms with Gasteiger partial charge in [0.1, 0.15) is 6.04 Å². The van der Waals surface area contributed by atoms with Gasteiger partial charge in [0.05, 0.1) is 10.0 Å². The van der Waals surface area contributed by atoms with Crippen molar-refractivity contribution >= 4 is 29.2 Å². The molecule has 104 valence electrons. The highest BCUT2D eigenvalue weighted by molar-refractivity contribution is 6.42. The van der Waals surface area contributed by atoms with Gasteiger partial charge in [-0.25, -0.2) is 0 Å². The van der Waals surface area contributed by atoms with Crippen LogP contribution in [-0.2, 0) is 4.79 Å². The van der Waals surface area contributed by atoms with Crippen molar-refractivity contribution in [1.82, 2.24) is 10.2 Å². The molecule has 2 rings (SSSR count). The number of carbonyl (C=O) groups is 1. The van der Waals surface area contributed by atoms with Crippen LogP contribution >= 0.6 is 23.2 Å². The maximum Gasteiger partial charge on any atom is 0.322 e. The van der Waals surface area contributed by atoms with E-state index in [9.17, 15) is 9.90 Å². The van der Waals surface area contributed by atoms with E-state index in [1.54, 1.807) is 6.07 Å². The molecular weight excluding hydrogens is 287 g/mol. The van der Waals surface area contributed by atoms with Crippen LogP contribution in [0.15, 0.2) is 18.2 Å². The Morgan fingerprint density at radius 3 is 2.95 bits per heavy atom. The van der Waals surface area contributed by atoms with E-state index in [0.29, 0.717) is 23.1 Å². The molecule has 2 unspecified atom stereocenters. The SMILES string of the molecule is CC(c1cccc(Cl)c1Cl)N1CCNCC1C(=O)O. The van der Waals surface area contributed by atoms with Crippen molar-refractivity contribution < 1.29 is 9.90 Å². The molecule has 1 fully saturated rings. The fourth-order valence-electron chi connectivity index (χ4n) is 2.43. The van der Waals surface area contributed by atoms with Crippen LogP contribution in [0.25, 0.3) is 0 Å². The van der Waals surface area contributed by atoms with Crippen LogP contribution in [0.2, 0.25) is 10.0 Å². The number of benzene rings is 1. The van der Waals surface area contributed by atoms with E-state index in [0.717, 1.165) is 12.1 Å². The topological polar surface area (TPSA) is 52.6 Å². The Labute approximate surface area is 122 Å². The Kier molecular flexibility index (Phi) is 4.68. The summed E-state index contributed by atoms with van der Waals surface area (Å²) in [6.07, 6.45) is 0. The number of aliphatic carboxylic acids is 1. The maximum atomic E-state index is 11.3. The third-order valence-electron chi connectivity index (χ3n) is 3.50. The number of nitrogens with one attached hydrogen (secondary N) is 1. The van der Waals surface area contributed by atoms with E-state index in [4.69, 9.17) is 23.2 Å². The summed E-state index contributed by atoms with van der Waals surface area (Å²) < 4.78 is 0. The van der Waals surface area contributed by atoms with Gasteiger partial charge in [0, 0.05) is 25.7 Å². The predicted molar refractivity (Wildman–Crippen MR) is 75.9 cm³/mol. The van der Waals surface area contributed by atoms with Gasteiger partial charge in [0.2, 0.25) is 0 Å². The summed E-state index contributed by atoms with van der Waals surface area (Å²) in [4.78, 5) is 13.3. The van der Waals surface area contributed by atoms with Crippen LogP contribution in [0.5, 0.6) is 0 Å². The predicted octanol–water partition coefficient (Wildman–Crippen LogP) is 2.41. The van der Waals surface area contributed by atoms with Gasteiger partial charge in [-0.2, -0.15) is 0 Å². The second kappa shape index (κ2) is 6.09. The van der Waals surface area contributed by atoms with E-state index in [1.807, 2.05) is 24.0 Å². The molecule has 0 spiro atoms. The van der Waals surface area contributed by atoms with Crippen LogP contribution in [0.3, 0.4) is 0 Å². The molecule has 0 aromatic heterocycles. The lowest BCUT2D eigenvalue weighted by atomic mass is 10.0. The molecular formula is C13H16Cl2N2O2. The van der Waals surface area contributed by atoms with Crippen molar-refractivity contribution in [1.29, 1.82) is 0 Å². The number of rotatable bonds is 3. The van der Waals surface area contributed by atoms with E-state index < -0.39 is 12.0 Å². The van der Waals surface area contributed by atoms with Gasteiger partial charge >= 0.3 is 5.97 Å². The van der Waals surface area contributed by atoms with Gasteiger partial charge in [-0.15, -0.1) is 0 Å². The molecule has 6 heteroatoms. The molecule has 1 aliphatic rings. The molecule has 1 aromatic rings. The normalized spacial score (nSPS) is 22.2. The lowest BCUT2D eigenvalue weighted by Gasteiger charge is -2.38. The van der Waals surface area contributed by atoms with Crippen molar-refractivity contribution in [2.45, 2.75) is 19.0 Å². The molecule has 1 saturated heterocycles. The first kappa shape index (κ1) is 14.6. The van der Waals surface area contributed by atoms with Gasteiger partial charge in [0.15, 0.2) is 0 Å². The van der Waals surface area contributed by atoms with Gasteiger partial charge in [0.25, 0.3) is 0 Å². The third-order valence-corrected chi connectivity index (χ3v) is 4.33. The molecule has 4 nitrogen and oxygen atoms in total. The summed E-state index contributed by atoms with van der Waals surface area (Å²) in [6.45, 7) is 3.84. The number of piperazine rings is 1. The van der Waals surface area contributed by atoms with Crippen molar-refractivity contribution in [3.05, 3.63) is 33.8 Å². The van der Waals surface area contributed by atoms with Gasteiger partial charge in [-0.1, -0.05) is 35.3 Å². The van der Waals surface area contributed by atoms with Crippen LogP contribution < -0.4 is 5.32 Å². The molecule has 19 heavy (non-hydrogen) atoms. The molecule has 2 N–H and O–H groups in total. The molecule has 0 radical (unpaired) electrons. The first-order valence-electron chi connectivity index (χ1n) is 6.15. The highest BCUT2D eigenvalue weighted by Gasteiger charge is 2.32. The summed E-state index contributed by atoms with van der Waals surface area (Å²) in [5.41, 5.74) is 0.863. The lowest BCUT2D eigenvalue weighted by Crippen LogP contribution is -2.55. The Hall–Kier alpha value is -0.810. The summed E-state index contributed by atoms with van der Waals surface area (Å²) in [5.74, 6) is -0.822. The van der Waals surface area contributed by atoms with Gasteiger partial charge in [-0.3, -0.25) is 9.69 Å². The molecule has 0 saturated carbocycles. The quantitative estimate of drug-likeness (QED) is 0.900. The Morgan fingerprint density at radius 1 is 1.53 bits per heavy atom. The molecule has 1 heterocycles. The second-order valence-electron chi connectivity index (χ2n) is 4.62. The number of halogens is 2. The van der Waals surface area contributed by atoms with Gasteiger partial charge in [-0.05, 0) is 18.6 Å². The minimum absolute atomic E-state index is 0.0885. The zero-order chi connectivity index (χ0) is 14.0. The van der Waals surface area contributed by atoms with Crippen molar-refractivity contribution in [2.75, 3.05) is 19.6 Å². The first-order chi connectivity index (χ1) is 9.02. The van der Waals surface area contributed by atoms with Crippen LogP contribution in [0.4, 0.5) is 0 Å². The van der Waals surface area contributed by atoms with E-state index in [2.05, 4.69) is 5.32 Å². The number of hydrogen-bond donors (Lipinski definition) is 2. The highest BCUT2D eigenvalue weighted by atomic mass is 35.5. The van der Waals surface area contributed by atoms with Crippen LogP contribution in [-0.4, -0.2) is 41.7 Å². The van der Waals surface area contributed by atoms with E-state index in [1.165, 1.54) is 0 Å². The van der Waals surface area contributed by atoms with Crippen LogP contribution in [0.1, 0.15) is 18.5 Å². The van der Waals surface area contributed by atoms with E-state index >= 15 is 0 Å². The fourth-order valence-corrected chi connectivity index (χ4v) is 2.90. The Bertz CT molecular complexity index is 482. The summed E-state index contributed by atoms with van der Waals surface area (Å²) in [5, 5.41) is 13.4. The molecule has 1 aliphatic heterocycles. The number of carboxylic acids is 1. The zero-order valence-electron chi connectivity index (χ0n) is 10.6. The minimum atomic E-state index is -0.822.